The number of anilines is 4. The van der Waals surface area contributed by atoms with Crippen molar-refractivity contribution in [3.63, 3.8) is 0 Å². The van der Waals surface area contributed by atoms with Gasteiger partial charge in [-0.1, -0.05) is 84.9 Å². The van der Waals surface area contributed by atoms with Gasteiger partial charge >= 0.3 is 0 Å². The summed E-state index contributed by atoms with van der Waals surface area (Å²) >= 11 is 0. The first-order valence-corrected chi connectivity index (χ1v) is 15.9. The van der Waals surface area contributed by atoms with Gasteiger partial charge in [0.2, 0.25) is 6.41 Å². The van der Waals surface area contributed by atoms with E-state index in [-0.39, 0.29) is 0 Å². The molecule has 228 valence electrons. The van der Waals surface area contributed by atoms with E-state index in [1.807, 2.05) is 42.5 Å². The zero-order valence-electron chi connectivity index (χ0n) is 25.9. The van der Waals surface area contributed by atoms with Crippen LogP contribution in [-0.4, -0.2) is 20.5 Å². The van der Waals surface area contributed by atoms with Crippen LogP contribution in [0.25, 0.3) is 55.0 Å². The maximum atomic E-state index is 12.8. The summed E-state index contributed by atoms with van der Waals surface area (Å²) in [4.78, 5) is 19.1. The van der Waals surface area contributed by atoms with Crippen LogP contribution in [0.4, 0.5) is 22.9 Å². The molecule has 0 unspecified atom stereocenters. The van der Waals surface area contributed by atoms with Crippen molar-refractivity contribution in [2.45, 2.75) is 0 Å². The second-order valence-corrected chi connectivity index (χ2v) is 11.8. The van der Waals surface area contributed by atoms with Gasteiger partial charge in [0.25, 0.3) is 0 Å². The maximum absolute atomic E-state index is 12.8. The van der Waals surface area contributed by atoms with Gasteiger partial charge < -0.3 is 14.5 Å². The van der Waals surface area contributed by atoms with Crippen molar-refractivity contribution in [3.05, 3.63) is 164 Å². The van der Waals surface area contributed by atoms with Gasteiger partial charge in [-0.15, -0.1) is 0 Å². The second kappa shape index (κ2) is 11.3. The van der Waals surface area contributed by atoms with E-state index in [0.717, 1.165) is 45.5 Å². The van der Waals surface area contributed by atoms with Crippen LogP contribution in [0.5, 0.6) is 0 Å². The minimum Gasteiger partial charge on any atom is -0.352 e. The molecule has 6 heteroatoms. The lowest BCUT2D eigenvalue weighted by Crippen LogP contribution is -2.17. The molecule has 0 aliphatic heterocycles. The fraction of sp³-hybridized carbons (Fsp3) is 0. The van der Waals surface area contributed by atoms with Crippen LogP contribution >= 0.6 is 0 Å². The Hall–Kier alpha value is -6.66. The largest absolute Gasteiger partial charge is 0.352 e. The molecule has 0 aliphatic carbocycles. The van der Waals surface area contributed by atoms with E-state index in [2.05, 4.69) is 135 Å². The Bertz CT molecular complexity index is 2540. The highest BCUT2D eigenvalue weighted by atomic mass is 16.1. The molecule has 0 bridgehead atoms. The first-order chi connectivity index (χ1) is 23.8. The number of nitrogens with one attached hydrogen (secondary N) is 1. The zero-order chi connectivity index (χ0) is 32.0. The smallest absolute Gasteiger partial charge is 0.219 e. The van der Waals surface area contributed by atoms with Crippen molar-refractivity contribution in [2.24, 2.45) is 0 Å². The molecule has 6 aromatic carbocycles. The molecule has 0 atom stereocenters. The number of para-hydroxylation sites is 4. The summed E-state index contributed by atoms with van der Waals surface area (Å²) in [5.41, 5.74) is 8.81. The van der Waals surface area contributed by atoms with Crippen molar-refractivity contribution in [1.29, 1.82) is 0 Å². The van der Waals surface area contributed by atoms with Gasteiger partial charge in [0.05, 0.1) is 33.4 Å². The van der Waals surface area contributed by atoms with E-state index < -0.39 is 0 Å². The molecule has 6 nitrogen and oxygen atoms in total. The standard InChI is InChI=1S/C42H29N5O/c48-28-45(30-13-10-15-32(27-30)47-40-23-7-3-18-35(40)36-19-4-8-24-41(36)47)42-37(20-11-25-43-42)44-29-12-9-14-31(26-29)46-38-21-5-1-16-33(38)34-17-2-6-22-39(34)46/h1-28,44H. The summed E-state index contributed by atoms with van der Waals surface area (Å²) in [6, 6.07) is 54.0. The lowest BCUT2D eigenvalue weighted by molar-refractivity contribution is -0.106. The number of pyridine rings is 1. The van der Waals surface area contributed by atoms with E-state index in [1.54, 1.807) is 11.1 Å². The van der Waals surface area contributed by atoms with Gasteiger partial charge in [0, 0.05) is 44.8 Å². The lowest BCUT2D eigenvalue weighted by Gasteiger charge is -2.21. The average Bonchev–Trinajstić information content (AvgIpc) is 3.66. The molecule has 48 heavy (non-hydrogen) atoms. The quantitative estimate of drug-likeness (QED) is 0.181. The fourth-order valence-electron chi connectivity index (χ4n) is 6.98. The Kier molecular flexibility index (Phi) is 6.50. The van der Waals surface area contributed by atoms with Gasteiger partial charge in [-0.3, -0.25) is 9.69 Å². The van der Waals surface area contributed by atoms with Gasteiger partial charge in [-0.05, 0) is 72.8 Å². The number of fused-ring (bicyclic) bond motifs is 6. The molecule has 3 heterocycles. The van der Waals surface area contributed by atoms with Crippen LogP contribution in [0.15, 0.2) is 164 Å². The van der Waals surface area contributed by atoms with Gasteiger partial charge in [-0.25, -0.2) is 4.98 Å². The first-order valence-electron chi connectivity index (χ1n) is 15.9. The number of carbonyl (C=O) groups excluding carboxylic acids is 1. The molecule has 0 radical (unpaired) electrons. The predicted octanol–water partition coefficient (Wildman–Crippen LogP) is 10.3. The molecule has 0 spiro atoms. The van der Waals surface area contributed by atoms with Crippen LogP contribution in [0, 0.1) is 0 Å². The fourth-order valence-corrected chi connectivity index (χ4v) is 6.98. The number of hydrogen-bond acceptors (Lipinski definition) is 3. The summed E-state index contributed by atoms with van der Waals surface area (Å²) in [6.45, 7) is 0. The minimum absolute atomic E-state index is 0.508. The van der Waals surface area contributed by atoms with Crippen molar-refractivity contribution < 1.29 is 4.79 Å². The highest BCUT2D eigenvalue weighted by molar-refractivity contribution is 6.10. The Balaban J connectivity index is 1.11. The summed E-state index contributed by atoms with van der Waals surface area (Å²) in [7, 11) is 0. The van der Waals surface area contributed by atoms with E-state index in [1.165, 1.54) is 21.5 Å². The highest BCUT2D eigenvalue weighted by Gasteiger charge is 2.18. The van der Waals surface area contributed by atoms with Gasteiger partial charge in [-0.2, -0.15) is 0 Å². The van der Waals surface area contributed by atoms with E-state index in [0.29, 0.717) is 17.2 Å². The Morgan fingerprint density at radius 1 is 0.521 bits per heavy atom. The van der Waals surface area contributed by atoms with Crippen molar-refractivity contribution in [3.8, 4) is 11.4 Å². The summed E-state index contributed by atoms with van der Waals surface area (Å²) in [5.74, 6) is 0.508. The summed E-state index contributed by atoms with van der Waals surface area (Å²) in [5, 5.41) is 8.36. The van der Waals surface area contributed by atoms with Gasteiger partial charge in [0.1, 0.15) is 0 Å². The molecule has 0 aliphatic rings. The zero-order valence-corrected chi connectivity index (χ0v) is 25.9. The monoisotopic (exact) mass is 619 g/mol. The third-order valence-electron chi connectivity index (χ3n) is 9.03. The van der Waals surface area contributed by atoms with Crippen LogP contribution in [0.1, 0.15) is 0 Å². The normalized spacial score (nSPS) is 11.4. The molecule has 1 amide bonds. The van der Waals surface area contributed by atoms with E-state index in [9.17, 15) is 4.79 Å². The van der Waals surface area contributed by atoms with Crippen LogP contribution in [0.3, 0.4) is 0 Å². The molecule has 9 aromatic rings. The van der Waals surface area contributed by atoms with E-state index in [4.69, 9.17) is 0 Å². The molecule has 3 aromatic heterocycles. The van der Waals surface area contributed by atoms with Crippen LogP contribution < -0.4 is 10.2 Å². The molecule has 9 rings (SSSR count). The molecular weight excluding hydrogens is 590 g/mol. The third-order valence-corrected chi connectivity index (χ3v) is 9.03. The van der Waals surface area contributed by atoms with Crippen molar-refractivity contribution >= 4 is 72.9 Å². The van der Waals surface area contributed by atoms with Crippen LogP contribution in [-0.2, 0) is 4.79 Å². The maximum Gasteiger partial charge on any atom is 0.219 e. The first kappa shape index (κ1) is 27.6. The van der Waals surface area contributed by atoms with Crippen molar-refractivity contribution in [1.82, 2.24) is 14.1 Å². The molecular formula is C42H29N5O. The number of aromatic nitrogens is 3. The summed E-state index contributed by atoms with van der Waals surface area (Å²) < 4.78 is 4.53. The lowest BCUT2D eigenvalue weighted by atomic mass is 10.2. The predicted molar refractivity (Wildman–Crippen MR) is 197 cm³/mol. The molecule has 0 saturated carbocycles. The Morgan fingerprint density at radius 3 is 1.56 bits per heavy atom. The van der Waals surface area contributed by atoms with Crippen LogP contribution in [0.2, 0.25) is 0 Å². The number of amides is 1. The number of rotatable bonds is 7. The van der Waals surface area contributed by atoms with Crippen molar-refractivity contribution in [2.75, 3.05) is 10.2 Å². The number of nitrogens with zero attached hydrogens (tertiary/aromatic N) is 4. The number of carbonyl (C=O) groups is 1. The highest BCUT2D eigenvalue weighted by Crippen LogP contribution is 2.37. The molecule has 1 N–H and O–H groups in total. The second-order valence-electron chi connectivity index (χ2n) is 11.8. The van der Waals surface area contributed by atoms with Gasteiger partial charge in [0.15, 0.2) is 5.82 Å². The SMILES string of the molecule is O=CN(c1cccc(-n2c3ccccc3c3ccccc32)c1)c1ncccc1Nc1cccc(-n2c3ccccc3c3ccccc32)c1. The number of benzene rings is 6. The Labute approximate surface area is 276 Å². The minimum atomic E-state index is 0.508. The Morgan fingerprint density at radius 2 is 1.02 bits per heavy atom. The number of hydrogen-bond donors (Lipinski definition) is 1. The topological polar surface area (TPSA) is 55.1 Å². The average molecular weight is 620 g/mol. The molecule has 0 fully saturated rings. The summed E-state index contributed by atoms with van der Waals surface area (Å²) in [6.07, 6.45) is 2.54. The molecule has 0 saturated heterocycles. The van der Waals surface area contributed by atoms with E-state index >= 15 is 0 Å². The third kappa shape index (κ3) is 4.42.